The van der Waals surface area contributed by atoms with Crippen LogP contribution in [0.1, 0.15) is 37.8 Å². The average molecular weight is 676 g/mol. The van der Waals surface area contributed by atoms with Gasteiger partial charge in [0.2, 0.25) is 0 Å². The smallest absolute Gasteiger partial charge is 0.161 e. The number of likely N-dealkylation sites (N-methyl/N-ethyl adjacent to an activating group) is 1. The summed E-state index contributed by atoms with van der Waals surface area (Å²) in [6.45, 7) is 6.15. The van der Waals surface area contributed by atoms with Crippen LogP contribution in [0, 0.1) is 24.4 Å². The van der Waals surface area contributed by atoms with Crippen LogP contribution in [-0.2, 0) is 11.8 Å². The van der Waals surface area contributed by atoms with Crippen LogP contribution in [0.5, 0.6) is 17.2 Å². The fraction of sp³-hybridized carbons (Fsp3) is 0.500. The van der Waals surface area contributed by atoms with Crippen LogP contribution in [0.25, 0.3) is 0 Å². The molecule has 0 aliphatic heterocycles. The van der Waals surface area contributed by atoms with Gasteiger partial charge in [0.05, 0.1) is 40.0 Å². The van der Waals surface area contributed by atoms with Crippen LogP contribution in [0.3, 0.4) is 0 Å². The fourth-order valence-corrected chi connectivity index (χ4v) is 6.48. The van der Waals surface area contributed by atoms with Gasteiger partial charge < -0.3 is 19.1 Å². The first-order chi connectivity index (χ1) is 15.7. The molecule has 0 saturated heterocycles. The summed E-state index contributed by atoms with van der Waals surface area (Å²) in [5.74, 6) is 2.47. The molecule has 0 aromatic heterocycles. The molecule has 2 rings (SSSR count). The third kappa shape index (κ3) is 6.89. The third-order valence-corrected chi connectivity index (χ3v) is 7.84. The van der Waals surface area contributed by atoms with Crippen LogP contribution in [-0.4, -0.2) is 46.4 Å². The lowest BCUT2D eigenvalue weighted by Crippen LogP contribution is -2.32. The van der Waals surface area contributed by atoms with E-state index in [4.69, 9.17) is 14.2 Å². The first-order valence-corrected chi connectivity index (χ1v) is 13.2. The van der Waals surface area contributed by atoms with Crippen molar-refractivity contribution in [3.05, 3.63) is 48.6 Å². The number of ether oxygens (including phenoxy) is 3. The van der Waals surface area contributed by atoms with Crippen molar-refractivity contribution >= 4 is 45.2 Å². The van der Waals surface area contributed by atoms with Gasteiger partial charge in [-0.25, -0.2) is 0 Å². The van der Waals surface area contributed by atoms with E-state index >= 15 is 0 Å². The van der Waals surface area contributed by atoms with Crippen molar-refractivity contribution in [2.45, 2.75) is 38.5 Å². The minimum Gasteiger partial charge on any atom is -0.495 e. The largest absolute Gasteiger partial charge is 0.495 e. The van der Waals surface area contributed by atoms with E-state index in [-0.39, 0.29) is 5.92 Å². The molecule has 7 heteroatoms. The van der Waals surface area contributed by atoms with Gasteiger partial charge in [-0.15, -0.1) is 0 Å². The summed E-state index contributed by atoms with van der Waals surface area (Å²) in [5, 5.41) is 10.3. The van der Waals surface area contributed by atoms with Gasteiger partial charge in [0.15, 0.2) is 11.5 Å². The quantitative estimate of drug-likeness (QED) is 0.248. The predicted molar refractivity (Wildman–Crippen MR) is 151 cm³/mol. The Kier molecular flexibility index (Phi) is 11.0. The van der Waals surface area contributed by atoms with Crippen molar-refractivity contribution in [1.82, 2.24) is 4.90 Å². The van der Waals surface area contributed by atoms with E-state index < -0.39 is 5.41 Å². The van der Waals surface area contributed by atoms with Gasteiger partial charge in [-0.05, 0) is 119 Å². The van der Waals surface area contributed by atoms with Gasteiger partial charge in [-0.1, -0.05) is 19.9 Å². The average Bonchev–Trinajstić information content (AvgIpc) is 2.79. The van der Waals surface area contributed by atoms with Crippen molar-refractivity contribution in [1.29, 1.82) is 5.26 Å². The van der Waals surface area contributed by atoms with Gasteiger partial charge in [0.25, 0.3) is 0 Å². The number of benzene rings is 2. The summed E-state index contributed by atoms with van der Waals surface area (Å²) in [5.41, 5.74) is 1.74. The number of halogens is 2. The first kappa shape index (κ1) is 28.0. The molecule has 0 N–H and O–H groups in total. The van der Waals surface area contributed by atoms with E-state index in [1.54, 1.807) is 21.3 Å². The molecule has 180 valence electrons. The molecular weight excluding hydrogens is 642 g/mol. The highest BCUT2D eigenvalue weighted by atomic mass is 127. The normalized spacial score (nSPS) is 13.0. The Morgan fingerprint density at radius 1 is 0.970 bits per heavy atom. The second-order valence-corrected chi connectivity index (χ2v) is 10.9. The molecule has 0 heterocycles. The Labute approximate surface area is 226 Å². The molecule has 33 heavy (non-hydrogen) atoms. The van der Waals surface area contributed by atoms with E-state index in [0.29, 0.717) is 11.5 Å². The maximum absolute atomic E-state index is 10.3. The number of nitrogens with zero attached hydrogens (tertiary/aromatic N) is 2. The third-order valence-electron chi connectivity index (χ3n) is 6.24. The zero-order chi connectivity index (χ0) is 24.6. The summed E-state index contributed by atoms with van der Waals surface area (Å²) >= 11 is 4.67. The topological polar surface area (TPSA) is 54.7 Å². The predicted octanol–water partition coefficient (Wildman–Crippen LogP) is 6.29. The second kappa shape index (κ2) is 13.0. The standard InChI is InChI=1S/C26H34I2N2O3/c1-18(2)26(17-29,20-8-9-23(31-4)24(16-20)32-5)11-7-12-30(3)13-10-19-14-21(27)25(33-6)22(28)15-19/h8-9,14-16,18H,7,10-13H2,1-6H3. The van der Waals surface area contributed by atoms with Crippen molar-refractivity contribution in [2.24, 2.45) is 5.92 Å². The van der Waals surface area contributed by atoms with Crippen molar-refractivity contribution in [3.63, 3.8) is 0 Å². The molecule has 0 amide bonds. The van der Waals surface area contributed by atoms with E-state index in [0.717, 1.165) is 50.8 Å². The summed E-state index contributed by atoms with van der Waals surface area (Å²) < 4.78 is 18.6. The summed E-state index contributed by atoms with van der Waals surface area (Å²) in [4.78, 5) is 2.35. The summed E-state index contributed by atoms with van der Waals surface area (Å²) in [6, 6.07) is 12.9. The molecular formula is C26H34I2N2O3. The lowest BCUT2D eigenvalue weighted by Gasteiger charge is -2.32. The Morgan fingerprint density at radius 2 is 1.61 bits per heavy atom. The van der Waals surface area contributed by atoms with E-state index in [1.165, 1.54) is 5.56 Å². The molecule has 5 nitrogen and oxygen atoms in total. The lowest BCUT2D eigenvalue weighted by molar-refractivity contribution is 0.292. The van der Waals surface area contributed by atoms with Crippen LogP contribution >= 0.6 is 45.2 Å². The Bertz CT molecular complexity index is 951. The van der Waals surface area contributed by atoms with Gasteiger partial charge in [-0.2, -0.15) is 5.26 Å². The number of nitriles is 1. The molecule has 0 aliphatic rings. The van der Waals surface area contributed by atoms with E-state index in [1.807, 2.05) is 18.2 Å². The minimum absolute atomic E-state index is 0.175. The number of methoxy groups -OCH3 is 3. The number of hydrogen-bond donors (Lipinski definition) is 0. The second-order valence-electron chi connectivity index (χ2n) is 8.56. The fourth-order valence-electron chi connectivity index (χ4n) is 4.14. The molecule has 0 spiro atoms. The molecule has 1 unspecified atom stereocenters. The Morgan fingerprint density at radius 3 is 2.12 bits per heavy atom. The van der Waals surface area contributed by atoms with Crippen molar-refractivity contribution in [2.75, 3.05) is 41.5 Å². The van der Waals surface area contributed by atoms with Crippen molar-refractivity contribution in [3.8, 4) is 23.3 Å². The molecule has 2 aromatic rings. The zero-order valence-electron chi connectivity index (χ0n) is 20.4. The van der Waals surface area contributed by atoms with E-state index in [2.05, 4.69) is 89.2 Å². The molecule has 1 atom stereocenters. The van der Waals surface area contributed by atoms with Crippen LogP contribution < -0.4 is 14.2 Å². The van der Waals surface area contributed by atoms with Gasteiger partial charge in [0, 0.05) is 6.54 Å². The van der Waals surface area contributed by atoms with E-state index in [9.17, 15) is 5.26 Å². The molecule has 0 radical (unpaired) electrons. The van der Waals surface area contributed by atoms with Crippen LogP contribution in [0.2, 0.25) is 0 Å². The summed E-state index contributed by atoms with van der Waals surface area (Å²) in [7, 11) is 7.12. The highest BCUT2D eigenvalue weighted by molar-refractivity contribution is 14.1. The van der Waals surface area contributed by atoms with Crippen LogP contribution in [0.4, 0.5) is 0 Å². The monoisotopic (exact) mass is 676 g/mol. The zero-order valence-corrected chi connectivity index (χ0v) is 24.7. The number of rotatable bonds is 12. The first-order valence-electron chi connectivity index (χ1n) is 11.1. The molecule has 2 aromatic carbocycles. The number of hydrogen-bond acceptors (Lipinski definition) is 5. The Balaban J connectivity index is 2.04. The highest BCUT2D eigenvalue weighted by Gasteiger charge is 2.36. The minimum atomic E-state index is -0.567. The lowest BCUT2D eigenvalue weighted by atomic mass is 9.69. The van der Waals surface area contributed by atoms with Gasteiger partial charge >= 0.3 is 0 Å². The Hall–Kier alpha value is -1.25. The molecule has 0 bridgehead atoms. The molecule has 0 saturated carbocycles. The maximum atomic E-state index is 10.3. The van der Waals surface area contributed by atoms with Gasteiger partial charge in [0.1, 0.15) is 5.75 Å². The molecule has 0 aliphatic carbocycles. The molecule has 0 fully saturated rings. The SMILES string of the molecule is COc1ccc(C(C#N)(CCCN(C)CCc2cc(I)c(OC)c(I)c2)C(C)C)cc1OC. The van der Waals surface area contributed by atoms with Crippen LogP contribution in [0.15, 0.2) is 30.3 Å². The van der Waals surface area contributed by atoms with Gasteiger partial charge in [-0.3, -0.25) is 0 Å². The maximum Gasteiger partial charge on any atom is 0.161 e. The van der Waals surface area contributed by atoms with Crippen molar-refractivity contribution < 1.29 is 14.2 Å². The highest BCUT2D eigenvalue weighted by Crippen LogP contribution is 2.40. The summed E-state index contributed by atoms with van der Waals surface area (Å²) in [6.07, 6.45) is 2.71.